The smallest absolute Gasteiger partial charge is 0.223 e. The lowest BCUT2D eigenvalue weighted by molar-refractivity contribution is -0.138. The van der Waals surface area contributed by atoms with Crippen molar-refractivity contribution in [2.24, 2.45) is 10.4 Å². The summed E-state index contributed by atoms with van der Waals surface area (Å²) >= 11 is -5.06. The molecule has 0 aromatic heterocycles. The molecule has 2 heterocycles. The molecule has 0 radical (unpaired) electrons. The van der Waals surface area contributed by atoms with Crippen LogP contribution in [0, 0.1) is 5.41 Å². The van der Waals surface area contributed by atoms with Crippen LogP contribution in [-0.4, -0.2) is 66.3 Å². The summed E-state index contributed by atoms with van der Waals surface area (Å²) in [7, 11) is 0. The molecule has 1 aromatic carbocycles. The summed E-state index contributed by atoms with van der Waals surface area (Å²) in [6, 6.07) is 4.98. The van der Waals surface area contributed by atoms with Gasteiger partial charge in [0.1, 0.15) is 6.17 Å². The molecule has 6 nitrogen and oxygen atoms in total. The standard InChI is InChI=1S/C20H29F4N5OS/c1-20(2,12-18(30)28-4-6-29(21)7-5-28)19-26-13-17(27-19)15-9-14(10-16(25)11-15)3-8-31(22,23)24/h9-11,19,26H,3-8,12-13,25H2,1-2H3. The van der Waals surface area contributed by atoms with Crippen molar-refractivity contribution in [3.63, 3.8) is 0 Å². The van der Waals surface area contributed by atoms with Crippen LogP contribution in [0.2, 0.25) is 0 Å². The lowest BCUT2D eigenvalue weighted by Gasteiger charge is -2.34. The van der Waals surface area contributed by atoms with Gasteiger partial charge in [0, 0.05) is 50.2 Å². The van der Waals surface area contributed by atoms with Gasteiger partial charge in [-0.05, 0) is 35.7 Å². The van der Waals surface area contributed by atoms with Crippen molar-refractivity contribution in [1.29, 1.82) is 0 Å². The highest BCUT2D eigenvalue weighted by Crippen LogP contribution is 2.53. The first-order chi connectivity index (χ1) is 14.4. The van der Waals surface area contributed by atoms with Gasteiger partial charge in [0.2, 0.25) is 17.1 Å². The van der Waals surface area contributed by atoms with Gasteiger partial charge in [-0.3, -0.25) is 15.1 Å². The zero-order valence-electron chi connectivity index (χ0n) is 17.7. The van der Waals surface area contributed by atoms with Gasteiger partial charge in [0.15, 0.2) is 0 Å². The number of piperazine rings is 1. The summed E-state index contributed by atoms with van der Waals surface area (Å²) in [4.78, 5) is 19.1. The van der Waals surface area contributed by atoms with E-state index in [4.69, 9.17) is 10.7 Å². The number of anilines is 1. The second kappa shape index (κ2) is 9.33. The third kappa shape index (κ3) is 6.56. The van der Waals surface area contributed by atoms with E-state index in [-0.39, 0.29) is 38.0 Å². The van der Waals surface area contributed by atoms with E-state index in [2.05, 4.69) is 5.32 Å². The van der Waals surface area contributed by atoms with Gasteiger partial charge in [0.25, 0.3) is 0 Å². The number of benzene rings is 1. The van der Waals surface area contributed by atoms with Gasteiger partial charge in [-0.1, -0.05) is 13.8 Å². The summed E-state index contributed by atoms with van der Waals surface area (Å²) in [5, 5.41) is 4.00. The summed E-state index contributed by atoms with van der Waals surface area (Å²) in [6.45, 7) is 5.48. The van der Waals surface area contributed by atoms with E-state index in [1.807, 2.05) is 13.8 Å². The number of amides is 1. The Bertz CT molecular complexity index is 837. The summed E-state index contributed by atoms with van der Waals surface area (Å²) in [6.07, 6.45) is -0.171. The molecule has 31 heavy (non-hydrogen) atoms. The number of nitrogens with zero attached hydrogens (tertiary/aromatic N) is 3. The van der Waals surface area contributed by atoms with E-state index in [0.717, 1.165) is 0 Å². The first-order valence-corrected chi connectivity index (χ1v) is 11.7. The number of aliphatic imine (C=N–C) groups is 1. The molecule has 1 amide bonds. The molecule has 2 aliphatic heterocycles. The normalized spacial score (nSPS) is 21.3. The molecule has 2 aliphatic rings. The third-order valence-electron chi connectivity index (χ3n) is 5.64. The maximum absolute atomic E-state index is 13.2. The minimum atomic E-state index is -5.06. The van der Waals surface area contributed by atoms with Crippen molar-refractivity contribution >= 4 is 28.5 Å². The van der Waals surface area contributed by atoms with Crippen LogP contribution in [0.3, 0.4) is 0 Å². The van der Waals surface area contributed by atoms with E-state index in [1.54, 1.807) is 23.1 Å². The molecule has 0 aliphatic carbocycles. The fraction of sp³-hybridized carbons (Fsp3) is 0.600. The Morgan fingerprint density at radius 2 is 1.90 bits per heavy atom. The lowest BCUT2D eigenvalue weighted by Crippen LogP contribution is -2.48. The molecule has 0 bridgehead atoms. The zero-order valence-corrected chi connectivity index (χ0v) is 18.5. The Morgan fingerprint density at radius 3 is 2.55 bits per heavy atom. The fourth-order valence-electron chi connectivity index (χ4n) is 3.86. The molecule has 1 aromatic rings. The highest BCUT2D eigenvalue weighted by molar-refractivity contribution is 8.20. The molecule has 1 saturated heterocycles. The van der Waals surface area contributed by atoms with Crippen LogP contribution in [0.25, 0.3) is 0 Å². The molecular formula is C20H29F4N5OS. The predicted octanol–water partition coefficient (Wildman–Crippen LogP) is 3.43. The van der Waals surface area contributed by atoms with Crippen LogP contribution in [0.15, 0.2) is 23.2 Å². The number of nitrogens with two attached hydrogens (primary N) is 1. The van der Waals surface area contributed by atoms with E-state index in [1.165, 1.54) is 0 Å². The molecule has 0 spiro atoms. The Balaban J connectivity index is 1.68. The van der Waals surface area contributed by atoms with E-state index in [9.17, 15) is 20.9 Å². The number of carbonyl (C=O) groups is 1. The fourth-order valence-corrected chi connectivity index (χ4v) is 4.33. The van der Waals surface area contributed by atoms with E-state index >= 15 is 0 Å². The SMILES string of the molecule is CC(C)(CC(=O)N1CCN(F)CC1)C1N=C(c2cc(N)cc(CCS(F)(F)F)c2)CN1. The highest BCUT2D eigenvalue weighted by atomic mass is 32.3. The maximum atomic E-state index is 13.2. The molecule has 1 unspecified atom stereocenters. The van der Waals surface area contributed by atoms with Crippen LogP contribution in [0.4, 0.5) is 21.8 Å². The van der Waals surface area contributed by atoms with Crippen molar-refractivity contribution in [2.75, 3.05) is 44.2 Å². The summed E-state index contributed by atoms with van der Waals surface area (Å²) in [5.74, 6) is -0.862. The number of hydrogen-bond acceptors (Lipinski definition) is 5. The van der Waals surface area contributed by atoms with Gasteiger partial charge in [-0.2, -0.15) is 0 Å². The number of nitrogens with one attached hydrogen (secondary N) is 1. The summed E-state index contributed by atoms with van der Waals surface area (Å²) < 4.78 is 51.1. The average Bonchev–Trinajstić information content (AvgIpc) is 3.17. The van der Waals surface area contributed by atoms with Crippen molar-refractivity contribution in [2.45, 2.75) is 32.9 Å². The maximum Gasteiger partial charge on any atom is 0.223 e. The van der Waals surface area contributed by atoms with Gasteiger partial charge in [0.05, 0.1) is 11.5 Å². The number of aryl methyl sites for hydroxylation is 1. The molecule has 1 fully saturated rings. The topological polar surface area (TPSA) is 74.0 Å². The Kier molecular flexibility index (Phi) is 7.17. The minimum Gasteiger partial charge on any atom is -0.399 e. The van der Waals surface area contributed by atoms with Gasteiger partial charge >= 0.3 is 0 Å². The van der Waals surface area contributed by atoms with Crippen LogP contribution in [0.1, 0.15) is 31.4 Å². The number of halogens is 4. The molecule has 11 heteroatoms. The Morgan fingerprint density at radius 1 is 1.23 bits per heavy atom. The first-order valence-electron chi connectivity index (χ1n) is 10.2. The molecule has 174 valence electrons. The van der Waals surface area contributed by atoms with Crippen LogP contribution >= 0.6 is 11.2 Å². The molecule has 0 saturated carbocycles. The monoisotopic (exact) mass is 463 g/mol. The molecule has 3 N–H and O–H groups in total. The van der Waals surface area contributed by atoms with Crippen LogP contribution in [-0.2, 0) is 11.2 Å². The Labute approximate surface area is 182 Å². The molecular weight excluding hydrogens is 434 g/mol. The Hall–Kier alpha value is -1.85. The van der Waals surface area contributed by atoms with Crippen LogP contribution in [0.5, 0.6) is 0 Å². The second-order valence-electron chi connectivity index (χ2n) is 8.73. The van der Waals surface area contributed by atoms with Crippen molar-refractivity contribution in [3.8, 4) is 0 Å². The van der Waals surface area contributed by atoms with Crippen LogP contribution < -0.4 is 11.1 Å². The first kappa shape index (κ1) is 23.8. The highest BCUT2D eigenvalue weighted by Gasteiger charge is 2.36. The minimum absolute atomic E-state index is 0.0376. The predicted molar refractivity (Wildman–Crippen MR) is 116 cm³/mol. The van der Waals surface area contributed by atoms with Crippen molar-refractivity contribution < 1.29 is 20.9 Å². The number of hydrogen-bond donors (Lipinski definition) is 2. The van der Waals surface area contributed by atoms with E-state index < -0.39 is 22.4 Å². The number of carbonyl (C=O) groups excluding carboxylic acids is 1. The molecule has 3 rings (SSSR count). The zero-order chi connectivity index (χ0) is 22.8. The second-order valence-corrected chi connectivity index (χ2v) is 10.1. The lowest BCUT2D eigenvalue weighted by atomic mass is 9.85. The number of nitrogen functional groups attached to an aromatic ring is 1. The van der Waals surface area contributed by atoms with Crippen molar-refractivity contribution in [1.82, 2.24) is 15.3 Å². The van der Waals surface area contributed by atoms with Gasteiger partial charge < -0.3 is 10.6 Å². The average molecular weight is 464 g/mol. The molecule has 1 atom stereocenters. The van der Waals surface area contributed by atoms with Gasteiger partial charge in [-0.25, -0.2) is 0 Å². The third-order valence-corrected chi connectivity index (χ3v) is 6.31. The quantitative estimate of drug-likeness (QED) is 0.369. The summed E-state index contributed by atoms with van der Waals surface area (Å²) in [5.41, 5.74) is 7.77. The van der Waals surface area contributed by atoms with E-state index in [0.29, 0.717) is 47.3 Å². The largest absolute Gasteiger partial charge is 0.399 e. The number of rotatable bonds is 7. The van der Waals surface area contributed by atoms with Gasteiger partial charge in [-0.15, -0.1) is 21.3 Å². The van der Waals surface area contributed by atoms with Crippen molar-refractivity contribution in [3.05, 3.63) is 29.3 Å².